The van der Waals surface area contributed by atoms with Gasteiger partial charge in [-0.25, -0.2) is 0 Å². The molecule has 4 heteroatoms. The van der Waals surface area contributed by atoms with Crippen molar-refractivity contribution in [3.63, 3.8) is 0 Å². The summed E-state index contributed by atoms with van der Waals surface area (Å²) in [5.74, 6) is 0.176. The fourth-order valence-electron chi connectivity index (χ4n) is 1.21. The van der Waals surface area contributed by atoms with Gasteiger partial charge in [0.15, 0.2) is 0 Å². The van der Waals surface area contributed by atoms with Gasteiger partial charge in [0.25, 0.3) is 0 Å². The van der Waals surface area contributed by atoms with Gasteiger partial charge in [0.1, 0.15) is 5.75 Å². The van der Waals surface area contributed by atoms with Crippen LogP contribution < -0.4 is 5.73 Å². The van der Waals surface area contributed by atoms with E-state index in [9.17, 15) is 5.11 Å². The number of nitrogens with two attached hydrogens (primary N) is 1. The highest BCUT2D eigenvalue weighted by Crippen LogP contribution is 2.23. The number of benzene rings is 1. The highest BCUT2D eigenvalue weighted by atomic mass is 16.3. The Morgan fingerprint density at radius 3 is 2.86 bits per heavy atom. The largest absolute Gasteiger partial charge is 0.508 e. The van der Waals surface area contributed by atoms with Crippen LogP contribution >= 0.6 is 0 Å². The minimum atomic E-state index is 0.176. The van der Waals surface area contributed by atoms with Crippen LogP contribution in [0.15, 0.2) is 18.2 Å². The first kappa shape index (κ1) is 10.4. The van der Waals surface area contributed by atoms with E-state index in [4.69, 9.17) is 11.0 Å². The molecule has 0 saturated carbocycles. The van der Waals surface area contributed by atoms with E-state index in [1.165, 1.54) is 0 Å². The van der Waals surface area contributed by atoms with Gasteiger partial charge in [-0.1, -0.05) is 6.07 Å². The average molecular weight is 191 g/mol. The van der Waals surface area contributed by atoms with E-state index in [2.05, 4.69) is 0 Å². The summed E-state index contributed by atoms with van der Waals surface area (Å²) in [4.78, 5) is 1.78. The SMILES string of the molecule is CN(CC#N)Cc1c(N)cccc1O. The van der Waals surface area contributed by atoms with Crippen LogP contribution in [0.1, 0.15) is 5.56 Å². The highest BCUT2D eigenvalue weighted by molar-refractivity contribution is 5.53. The van der Waals surface area contributed by atoms with Gasteiger partial charge in [0.2, 0.25) is 0 Å². The van der Waals surface area contributed by atoms with Crippen LogP contribution in [0.25, 0.3) is 0 Å². The molecule has 0 spiro atoms. The molecule has 0 saturated heterocycles. The van der Waals surface area contributed by atoms with Crippen molar-refractivity contribution < 1.29 is 5.11 Å². The van der Waals surface area contributed by atoms with Crippen LogP contribution in [0.2, 0.25) is 0 Å². The number of nitrogen functional groups attached to an aromatic ring is 1. The molecular formula is C10H13N3O. The molecule has 3 N–H and O–H groups in total. The molecule has 1 aromatic carbocycles. The van der Waals surface area contributed by atoms with Crippen molar-refractivity contribution in [3.8, 4) is 11.8 Å². The van der Waals surface area contributed by atoms with Crippen LogP contribution in [-0.2, 0) is 6.54 Å². The molecule has 0 heterocycles. The predicted molar refractivity (Wildman–Crippen MR) is 54.5 cm³/mol. The zero-order valence-corrected chi connectivity index (χ0v) is 8.07. The molecule has 0 aromatic heterocycles. The third-order valence-electron chi connectivity index (χ3n) is 1.96. The van der Waals surface area contributed by atoms with Crippen molar-refractivity contribution in [1.29, 1.82) is 5.26 Å². The van der Waals surface area contributed by atoms with E-state index in [-0.39, 0.29) is 5.75 Å². The number of nitriles is 1. The Morgan fingerprint density at radius 1 is 1.57 bits per heavy atom. The van der Waals surface area contributed by atoms with E-state index < -0.39 is 0 Å². The average Bonchev–Trinajstić information content (AvgIpc) is 2.12. The molecule has 0 fully saturated rings. The third-order valence-corrected chi connectivity index (χ3v) is 1.96. The number of hydrogen-bond donors (Lipinski definition) is 2. The normalized spacial score (nSPS) is 10.1. The van der Waals surface area contributed by atoms with Crippen molar-refractivity contribution in [2.24, 2.45) is 0 Å². The quantitative estimate of drug-likeness (QED) is 0.550. The predicted octanol–water partition coefficient (Wildman–Crippen LogP) is 0.930. The maximum absolute atomic E-state index is 9.52. The van der Waals surface area contributed by atoms with E-state index in [1.807, 2.05) is 6.07 Å². The van der Waals surface area contributed by atoms with E-state index in [1.54, 1.807) is 30.1 Å². The second kappa shape index (κ2) is 4.49. The van der Waals surface area contributed by atoms with Crippen LogP contribution in [0.5, 0.6) is 5.75 Å². The first-order chi connectivity index (χ1) is 6.65. The topological polar surface area (TPSA) is 73.3 Å². The van der Waals surface area contributed by atoms with Gasteiger partial charge in [0, 0.05) is 17.8 Å². The standard InChI is InChI=1S/C10H13N3O/c1-13(6-5-11)7-8-9(12)3-2-4-10(8)14/h2-4,14H,6-7,12H2,1H3. The number of aromatic hydroxyl groups is 1. The van der Waals surface area contributed by atoms with Gasteiger partial charge in [-0.2, -0.15) is 5.26 Å². The Hall–Kier alpha value is -1.73. The van der Waals surface area contributed by atoms with Gasteiger partial charge < -0.3 is 10.8 Å². The third kappa shape index (κ3) is 2.38. The molecule has 0 radical (unpaired) electrons. The molecule has 0 aliphatic heterocycles. The lowest BCUT2D eigenvalue weighted by atomic mass is 10.1. The summed E-state index contributed by atoms with van der Waals surface area (Å²) in [7, 11) is 1.80. The zero-order chi connectivity index (χ0) is 10.6. The Kier molecular flexibility index (Phi) is 3.32. The summed E-state index contributed by atoms with van der Waals surface area (Å²) in [5, 5.41) is 18.0. The van der Waals surface area contributed by atoms with Crippen LogP contribution in [0.3, 0.4) is 0 Å². The Balaban J connectivity index is 2.81. The second-order valence-corrected chi connectivity index (χ2v) is 3.18. The molecule has 0 aliphatic rings. The van der Waals surface area contributed by atoms with E-state index in [0.29, 0.717) is 24.3 Å². The minimum absolute atomic E-state index is 0.176. The lowest BCUT2D eigenvalue weighted by Crippen LogP contribution is -2.18. The molecule has 4 nitrogen and oxygen atoms in total. The van der Waals surface area contributed by atoms with Crippen molar-refractivity contribution in [2.45, 2.75) is 6.54 Å². The number of rotatable bonds is 3. The van der Waals surface area contributed by atoms with Crippen molar-refractivity contribution >= 4 is 5.69 Å². The summed E-state index contributed by atoms with van der Waals surface area (Å²) in [6.07, 6.45) is 0. The maximum Gasteiger partial charge on any atom is 0.122 e. The van der Waals surface area contributed by atoms with Gasteiger partial charge in [0.05, 0.1) is 12.6 Å². The number of nitrogens with zero attached hydrogens (tertiary/aromatic N) is 2. The summed E-state index contributed by atoms with van der Waals surface area (Å²) in [6, 6.07) is 7.04. The van der Waals surface area contributed by atoms with Crippen LogP contribution in [0, 0.1) is 11.3 Å². The Morgan fingerprint density at radius 2 is 2.29 bits per heavy atom. The van der Waals surface area contributed by atoms with Crippen LogP contribution in [-0.4, -0.2) is 23.6 Å². The second-order valence-electron chi connectivity index (χ2n) is 3.18. The van der Waals surface area contributed by atoms with Crippen molar-refractivity contribution in [2.75, 3.05) is 19.3 Å². The number of phenols is 1. The van der Waals surface area contributed by atoms with Gasteiger partial charge in [-0.15, -0.1) is 0 Å². The summed E-state index contributed by atoms with van der Waals surface area (Å²) in [5.41, 5.74) is 6.92. The Bertz CT molecular complexity index is 337. The monoisotopic (exact) mass is 191 g/mol. The minimum Gasteiger partial charge on any atom is -0.508 e. The number of hydrogen-bond acceptors (Lipinski definition) is 4. The highest BCUT2D eigenvalue weighted by Gasteiger charge is 2.07. The molecule has 1 rings (SSSR count). The van der Waals surface area contributed by atoms with Gasteiger partial charge in [-0.05, 0) is 19.2 Å². The first-order valence-electron chi connectivity index (χ1n) is 4.27. The Labute approximate surface area is 83.2 Å². The summed E-state index contributed by atoms with van der Waals surface area (Å²) >= 11 is 0. The van der Waals surface area contributed by atoms with Gasteiger partial charge >= 0.3 is 0 Å². The lowest BCUT2D eigenvalue weighted by molar-refractivity contribution is 0.357. The van der Waals surface area contributed by atoms with Gasteiger partial charge in [-0.3, -0.25) is 4.90 Å². The lowest BCUT2D eigenvalue weighted by Gasteiger charge is -2.15. The molecule has 0 bridgehead atoms. The molecule has 74 valence electrons. The summed E-state index contributed by atoms with van der Waals surface area (Å²) in [6.45, 7) is 0.792. The van der Waals surface area contributed by atoms with E-state index in [0.717, 1.165) is 0 Å². The van der Waals surface area contributed by atoms with E-state index >= 15 is 0 Å². The first-order valence-corrected chi connectivity index (χ1v) is 4.27. The number of phenolic OH excluding ortho intramolecular Hbond substituents is 1. The smallest absolute Gasteiger partial charge is 0.122 e. The summed E-state index contributed by atoms with van der Waals surface area (Å²) < 4.78 is 0. The fraction of sp³-hybridized carbons (Fsp3) is 0.300. The fourth-order valence-corrected chi connectivity index (χ4v) is 1.21. The maximum atomic E-state index is 9.52. The molecular weight excluding hydrogens is 178 g/mol. The zero-order valence-electron chi connectivity index (χ0n) is 8.07. The van der Waals surface area contributed by atoms with Crippen molar-refractivity contribution in [3.05, 3.63) is 23.8 Å². The molecule has 0 atom stereocenters. The number of anilines is 1. The van der Waals surface area contributed by atoms with Crippen LogP contribution in [0.4, 0.5) is 5.69 Å². The molecule has 0 amide bonds. The molecule has 14 heavy (non-hydrogen) atoms. The van der Waals surface area contributed by atoms with Crippen molar-refractivity contribution in [1.82, 2.24) is 4.90 Å². The molecule has 0 unspecified atom stereocenters. The molecule has 1 aromatic rings. The molecule has 0 aliphatic carbocycles.